The van der Waals surface area contributed by atoms with Gasteiger partial charge in [-0.1, -0.05) is 81.4 Å². The van der Waals surface area contributed by atoms with Crippen LogP contribution in [-0.2, 0) is 37.8 Å². The Balaban J connectivity index is 1.94. The second-order valence-electron chi connectivity index (χ2n) is 10.5. The van der Waals surface area contributed by atoms with Gasteiger partial charge < -0.3 is 23.4 Å². The van der Waals surface area contributed by atoms with Crippen molar-refractivity contribution >= 4 is 36.6 Å². The van der Waals surface area contributed by atoms with Crippen LogP contribution in [0.25, 0.3) is 0 Å². The summed E-state index contributed by atoms with van der Waals surface area (Å²) in [5, 5.41) is 1.98. The van der Waals surface area contributed by atoms with E-state index in [1.54, 1.807) is 0 Å². The molecule has 9 heteroatoms. The fourth-order valence-corrected chi connectivity index (χ4v) is 9.64. The fourth-order valence-electron chi connectivity index (χ4n) is 5.07. The molecule has 0 bridgehead atoms. The molecule has 1 saturated heterocycles. The number of carbonyl (C=O) groups excluding carboxylic acids is 3. The summed E-state index contributed by atoms with van der Waals surface area (Å²) in [6.45, 7) is 10.4. The number of hydrogen-bond donors (Lipinski definition) is 0. The molecule has 1 aliphatic rings. The lowest BCUT2D eigenvalue weighted by molar-refractivity contribution is -0.166. The van der Waals surface area contributed by atoms with Crippen LogP contribution in [0.1, 0.15) is 48.0 Å². The molecule has 206 valence electrons. The smallest absolute Gasteiger partial charge is 0.303 e. The summed E-state index contributed by atoms with van der Waals surface area (Å²) >= 11 is 0. The van der Waals surface area contributed by atoms with Crippen molar-refractivity contribution in [2.45, 2.75) is 77.4 Å². The van der Waals surface area contributed by atoms with Crippen molar-refractivity contribution in [1.82, 2.24) is 0 Å². The van der Waals surface area contributed by atoms with E-state index in [0.29, 0.717) is 0 Å². The maximum Gasteiger partial charge on any atom is 0.303 e. The number of esters is 3. The van der Waals surface area contributed by atoms with Gasteiger partial charge in [-0.25, -0.2) is 0 Å². The molecule has 0 unspecified atom stereocenters. The van der Waals surface area contributed by atoms with Crippen LogP contribution in [0.5, 0.6) is 0 Å². The van der Waals surface area contributed by atoms with Gasteiger partial charge in [0.1, 0.15) is 24.9 Å². The SMILES string of the molecule is CC(=O)OC[C@@H](OC(C)=O)[C@@H]1C[C@H](OC(C)=O)[C@@H](CO[Si](c2ccccc2)(c2ccccc2)C(C)(C)C)O1. The molecule has 1 fully saturated rings. The predicted molar refractivity (Wildman–Crippen MR) is 145 cm³/mol. The van der Waals surface area contributed by atoms with Gasteiger partial charge in [-0.15, -0.1) is 0 Å². The average Bonchev–Trinajstić information content (AvgIpc) is 3.24. The normalized spacial score (nSPS) is 20.4. The van der Waals surface area contributed by atoms with Crippen molar-refractivity contribution < 1.29 is 37.8 Å². The van der Waals surface area contributed by atoms with Gasteiger partial charge in [0.15, 0.2) is 6.10 Å². The van der Waals surface area contributed by atoms with Gasteiger partial charge in [-0.05, 0) is 15.4 Å². The third-order valence-electron chi connectivity index (χ3n) is 6.61. The molecule has 0 aromatic heterocycles. The fraction of sp³-hybridized carbons (Fsp3) is 0.483. The molecule has 1 aliphatic heterocycles. The van der Waals surface area contributed by atoms with Crippen LogP contribution in [-0.4, -0.2) is 63.9 Å². The molecule has 0 aliphatic carbocycles. The van der Waals surface area contributed by atoms with E-state index >= 15 is 0 Å². The van der Waals surface area contributed by atoms with Crippen molar-refractivity contribution in [1.29, 1.82) is 0 Å². The van der Waals surface area contributed by atoms with E-state index in [0.717, 1.165) is 10.4 Å². The van der Waals surface area contributed by atoms with Crippen LogP contribution in [0.3, 0.4) is 0 Å². The van der Waals surface area contributed by atoms with E-state index in [4.69, 9.17) is 23.4 Å². The van der Waals surface area contributed by atoms with Crippen molar-refractivity contribution in [3.8, 4) is 0 Å². The van der Waals surface area contributed by atoms with Gasteiger partial charge in [0.05, 0.1) is 6.61 Å². The van der Waals surface area contributed by atoms with E-state index in [1.165, 1.54) is 20.8 Å². The first kappa shape index (κ1) is 29.5. The average molecular weight is 543 g/mol. The van der Waals surface area contributed by atoms with Crippen LogP contribution < -0.4 is 10.4 Å². The summed E-state index contributed by atoms with van der Waals surface area (Å²) in [7, 11) is -2.87. The summed E-state index contributed by atoms with van der Waals surface area (Å²) in [6.07, 6.45) is -2.44. The Morgan fingerprint density at radius 3 is 1.89 bits per heavy atom. The summed E-state index contributed by atoms with van der Waals surface area (Å²) < 4.78 is 29.4. The molecule has 4 atom stereocenters. The highest BCUT2D eigenvalue weighted by Crippen LogP contribution is 2.38. The predicted octanol–water partition coefficient (Wildman–Crippen LogP) is 3.15. The van der Waals surface area contributed by atoms with Crippen molar-refractivity contribution in [3.05, 3.63) is 60.7 Å². The van der Waals surface area contributed by atoms with Crippen LogP contribution in [0.15, 0.2) is 60.7 Å². The first-order chi connectivity index (χ1) is 17.9. The Labute approximate surface area is 225 Å². The molecule has 0 N–H and O–H groups in total. The Hall–Kier alpha value is -3.01. The Kier molecular flexibility index (Phi) is 9.86. The molecule has 2 aromatic rings. The highest BCUT2D eigenvalue weighted by molar-refractivity contribution is 6.99. The van der Waals surface area contributed by atoms with Crippen LogP contribution in [0, 0.1) is 0 Å². The lowest BCUT2D eigenvalue weighted by Crippen LogP contribution is -2.67. The minimum atomic E-state index is -2.87. The summed E-state index contributed by atoms with van der Waals surface area (Å²) in [4.78, 5) is 35.1. The maximum atomic E-state index is 12.0. The van der Waals surface area contributed by atoms with Crippen LogP contribution in [0.2, 0.25) is 5.04 Å². The van der Waals surface area contributed by atoms with E-state index in [-0.39, 0.29) is 24.7 Å². The van der Waals surface area contributed by atoms with Gasteiger partial charge in [0.2, 0.25) is 0 Å². The largest absolute Gasteiger partial charge is 0.462 e. The third kappa shape index (κ3) is 7.09. The molecule has 0 saturated carbocycles. The molecular formula is C29H38O8Si. The first-order valence-electron chi connectivity index (χ1n) is 12.8. The summed E-state index contributed by atoms with van der Waals surface area (Å²) in [6, 6.07) is 20.4. The van der Waals surface area contributed by atoms with Crippen LogP contribution >= 0.6 is 0 Å². The maximum absolute atomic E-state index is 12.0. The topological polar surface area (TPSA) is 97.4 Å². The zero-order valence-electron chi connectivity index (χ0n) is 23.0. The number of benzene rings is 2. The molecule has 0 spiro atoms. The Bertz CT molecular complexity index is 1040. The van der Waals surface area contributed by atoms with Crippen molar-refractivity contribution in [2.24, 2.45) is 0 Å². The number of hydrogen-bond acceptors (Lipinski definition) is 8. The minimum absolute atomic E-state index is 0.155. The zero-order valence-corrected chi connectivity index (χ0v) is 24.0. The van der Waals surface area contributed by atoms with Gasteiger partial charge in [-0.3, -0.25) is 14.4 Å². The number of ether oxygens (including phenoxy) is 4. The van der Waals surface area contributed by atoms with Gasteiger partial charge >= 0.3 is 17.9 Å². The molecule has 1 heterocycles. The van der Waals surface area contributed by atoms with Crippen LogP contribution in [0.4, 0.5) is 0 Å². The summed E-state index contributed by atoms with van der Waals surface area (Å²) in [5.74, 6) is -1.47. The minimum Gasteiger partial charge on any atom is -0.462 e. The van der Waals surface area contributed by atoms with Gasteiger partial charge in [-0.2, -0.15) is 0 Å². The van der Waals surface area contributed by atoms with E-state index < -0.39 is 50.6 Å². The standard InChI is InChI=1S/C29H38O8Si/c1-20(30)33-18-27(36-22(3)32)26-17-25(35-21(2)31)28(37-26)19-34-38(29(4,5)6,23-13-9-7-10-14-23)24-15-11-8-12-16-24/h7-16,25-28H,17-19H2,1-6H3/t25-,26-,27+,28+/m0/s1. The summed E-state index contributed by atoms with van der Waals surface area (Å²) in [5.41, 5.74) is 0. The molecule has 38 heavy (non-hydrogen) atoms. The Morgan fingerprint density at radius 2 is 1.45 bits per heavy atom. The first-order valence-corrected chi connectivity index (χ1v) is 14.7. The highest BCUT2D eigenvalue weighted by atomic mass is 28.4. The van der Waals surface area contributed by atoms with E-state index in [9.17, 15) is 14.4 Å². The van der Waals surface area contributed by atoms with E-state index in [1.807, 2.05) is 36.4 Å². The Morgan fingerprint density at radius 1 is 0.895 bits per heavy atom. The zero-order chi connectivity index (χ0) is 27.9. The van der Waals surface area contributed by atoms with Crippen molar-refractivity contribution in [3.63, 3.8) is 0 Å². The molecule has 8 nitrogen and oxygen atoms in total. The van der Waals surface area contributed by atoms with Crippen molar-refractivity contribution in [2.75, 3.05) is 13.2 Å². The lowest BCUT2D eigenvalue weighted by atomic mass is 10.1. The second-order valence-corrected chi connectivity index (χ2v) is 14.8. The second kappa shape index (κ2) is 12.7. The number of rotatable bonds is 10. The number of carbonyl (C=O) groups is 3. The lowest BCUT2D eigenvalue weighted by Gasteiger charge is -2.43. The highest BCUT2D eigenvalue weighted by Gasteiger charge is 2.52. The van der Waals surface area contributed by atoms with E-state index in [2.05, 4.69) is 45.0 Å². The van der Waals surface area contributed by atoms with Gasteiger partial charge in [0, 0.05) is 27.2 Å². The third-order valence-corrected chi connectivity index (χ3v) is 11.6. The molecular weight excluding hydrogens is 504 g/mol. The molecule has 0 amide bonds. The molecule has 2 aromatic carbocycles. The molecule has 3 rings (SSSR count). The monoisotopic (exact) mass is 542 g/mol. The van der Waals surface area contributed by atoms with Gasteiger partial charge in [0.25, 0.3) is 8.32 Å². The molecule has 0 radical (unpaired) electrons. The quantitative estimate of drug-likeness (QED) is 0.257.